The van der Waals surface area contributed by atoms with Crippen LogP contribution in [0, 0.1) is 18.6 Å². The van der Waals surface area contributed by atoms with Gasteiger partial charge in [0.2, 0.25) is 5.91 Å². The van der Waals surface area contributed by atoms with Gasteiger partial charge >= 0.3 is 5.69 Å². The number of halogens is 2. The topological polar surface area (TPSA) is 86.0 Å². The molecule has 2 aromatic carbocycles. The highest BCUT2D eigenvalue weighted by Gasteiger charge is 2.20. The van der Waals surface area contributed by atoms with Gasteiger partial charge in [-0.2, -0.15) is 0 Å². The highest BCUT2D eigenvalue weighted by atomic mass is 32.2. The number of rotatable bonds is 6. The molecule has 0 bridgehead atoms. The maximum absolute atomic E-state index is 13.4. The van der Waals surface area contributed by atoms with Gasteiger partial charge in [0.05, 0.1) is 5.69 Å². The third kappa shape index (κ3) is 4.74. The molecule has 1 amide bonds. The summed E-state index contributed by atoms with van der Waals surface area (Å²) in [6.45, 7) is 1.34. The molecule has 0 spiro atoms. The molecule has 2 aromatic heterocycles. The highest BCUT2D eigenvalue weighted by Crippen LogP contribution is 2.25. The monoisotopic (exact) mass is 488 g/mol. The predicted octanol–water partition coefficient (Wildman–Crippen LogP) is 3.23. The van der Waals surface area contributed by atoms with Crippen LogP contribution in [0.2, 0.25) is 0 Å². The molecule has 0 aliphatic carbocycles. The Bertz CT molecular complexity index is 1460. The third-order valence-electron chi connectivity index (χ3n) is 4.85. The van der Waals surface area contributed by atoms with Gasteiger partial charge < -0.3 is 5.32 Å². The average molecular weight is 489 g/mol. The van der Waals surface area contributed by atoms with Gasteiger partial charge in [-0.15, -0.1) is 11.3 Å². The van der Waals surface area contributed by atoms with Gasteiger partial charge in [-0.25, -0.2) is 23.1 Å². The Balaban J connectivity index is 1.73. The molecule has 0 fully saturated rings. The number of carbonyl (C=O) groups is 1. The van der Waals surface area contributed by atoms with Crippen LogP contribution >= 0.6 is 23.1 Å². The Hall–Kier alpha value is -3.31. The molecule has 1 N–H and O–H groups in total. The largest absolute Gasteiger partial charge is 0.350 e. The summed E-state index contributed by atoms with van der Waals surface area (Å²) in [7, 11) is 0. The number of nitrogens with one attached hydrogen (secondary N) is 1. The lowest BCUT2D eigenvalue weighted by Crippen LogP contribution is -2.41. The Morgan fingerprint density at radius 1 is 1.12 bits per heavy atom. The van der Waals surface area contributed by atoms with E-state index < -0.39 is 35.3 Å². The molecule has 4 aromatic rings. The van der Waals surface area contributed by atoms with E-state index in [1.807, 2.05) is 6.92 Å². The number of aryl methyl sites for hydroxylation is 1. The SMILES string of the molecule is CSc1nc2c(s1)c(=O)n(-c1ccc(C)cc1)c(=O)n2CC(=O)NCc1cc(F)cc(F)c1. The number of thiazole rings is 1. The van der Waals surface area contributed by atoms with Crippen molar-refractivity contribution in [1.29, 1.82) is 0 Å². The van der Waals surface area contributed by atoms with Gasteiger partial charge in [0.25, 0.3) is 5.56 Å². The summed E-state index contributed by atoms with van der Waals surface area (Å²) in [5, 5.41) is 2.55. The van der Waals surface area contributed by atoms with Crippen molar-refractivity contribution in [3.63, 3.8) is 0 Å². The average Bonchev–Trinajstić information content (AvgIpc) is 3.21. The first-order chi connectivity index (χ1) is 15.8. The van der Waals surface area contributed by atoms with Crippen molar-refractivity contribution in [3.8, 4) is 5.69 Å². The molecular weight excluding hydrogens is 470 g/mol. The molecule has 0 aliphatic rings. The maximum atomic E-state index is 13.4. The molecule has 0 unspecified atom stereocenters. The summed E-state index contributed by atoms with van der Waals surface area (Å²) in [6, 6.07) is 9.82. The summed E-state index contributed by atoms with van der Waals surface area (Å²) < 4.78 is 29.8. The zero-order valence-corrected chi connectivity index (χ0v) is 19.2. The normalized spacial score (nSPS) is 11.2. The summed E-state index contributed by atoms with van der Waals surface area (Å²) in [5.74, 6) is -2.08. The quantitative estimate of drug-likeness (QED) is 0.421. The maximum Gasteiger partial charge on any atom is 0.337 e. The molecule has 0 saturated carbocycles. The minimum absolute atomic E-state index is 0.120. The Morgan fingerprint density at radius 3 is 2.42 bits per heavy atom. The number of nitrogens with zero attached hydrogens (tertiary/aromatic N) is 3. The number of carbonyl (C=O) groups excluding carboxylic acids is 1. The van der Waals surface area contributed by atoms with Crippen LogP contribution in [0.4, 0.5) is 8.78 Å². The fourth-order valence-electron chi connectivity index (χ4n) is 3.28. The van der Waals surface area contributed by atoms with Crippen molar-refractivity contribution in [2.24, 2.45) is 0 Å². The summed E-state index contributed by atoms with van der Waals surface area (Å²) in [6.07, 6.45) is 1.80. The molecule has 170 valence electrons. The van der Waals surface area contributed by atoms with Gasteiger partial charge in [-0.1, -0.05) is 29.5 Å². The molecule has 7 nitrogen and oxygen atoms in total. The minimum Gasteiger partial charge on any atom is -0.350 e. The fraction of sp³-hybridized carbons (Fsp3) is 0.182. The lowest BCUT2D eigenvalue weighted by molar-refractivity contribution is -0.121. The molecule has 0 aliphatic heterocycles. The first-order valence-corrected chi connectivity index (χ1v) is 11.8. The number of hydrogen-bond acceptors (Lipinski definition) is 6. The summed E-state index contributed by atoms with van der Waals surface area (Å²) in [4.78, 5) is 43.4. The van der Waals surface area contributed by atoms with Crippen LogP contribution in [0.5, 0.6) is 0 Å². The molecule has 33 heavy (non-hydrogen) atoms. The molecular formula is C22H18F2N4O3S2. The second-order valence-electron chi connectivity index (χ2n) is 7.24. The van der Waals surface area contributed by atoms with E-state index in [0.717, 1.165) is 44.2 Å². The van der Waals surface area contributed by atoms with Crippen molar-refractivity contribution >= 4 is 39.4 Å². The molecule has 2 heterocycles. The van der Waals surface area contributed by atoms with Crippen LogP contribution in [0.1, 0.15) is 11.1 Å². The summed E-state index contributed by atoms with van der Waals surface area (Å²) in [5.41, 5.74) is 0.477. The number of aromatic nitrogens is 3. The van der Waals surface area contributed by atoms with Crippen LogP contribution in [-0.4, -0.2) is 26.3 Å². The van der Waals surface area contributed by atoms with E-state index in [1.54, 1.807) is 30.5 Å². The zero-order valence-electron chi connectivity index (χ0n) is 17.6. The number of hydrogen-bond donors (Lipinski definition) is 1. The number of fused-ring (bicyclic) bond motifs is 1. The second-order valence-corrected chi connectivity index (χ2v) is 9.29. The van der Waals surface area contributed by atoms with Crippen molar-refractivity contribution in [2.75, 3.05) is 6.26 Å². The molecule has 4 rings (SSSR count). The first kappa shape index (κ1) is 22.9. The van der Waals surface area contributed by atoms with E-state index in [4.69, 9.17) is 0 Å². The lowest BCUT2D eigenvalue weighted by Gasteiger charge is -2.12. The van der Waals surface area contributed by atoms with Gasteiger partial charge in [0.15, 0.2) is 9.99 Å². The lowest BCUT2D eigenvalue weighted by atomic mass is 10.2. The van der Waals surface area contributed by atoms with Crippen LogP contribution in [0.15, 0.2) is 56.4 Å². The van der Waals surface area contributed by atoms with Gasteiger partial charge in [-0.05, 0) is 43.0 Å². The van der Waals surface area contributed by atoms with E-state index in [0.29, 0.717) is 10.0 Å². The smallest absolute Gasteiger partial charge is 0.337 e. The van der Waals surface area contributed by atoms with Gasteiger partial charge in [-0.3, -0.25) is 14.2 Å². The Morgan fingerprint density at radius 2 is 1.79 bits per heavy atom. The van der Waals surface area contributed by atoms with Crippen LogP contribution in [0.25, 0.3) is 16.0 Å². The first-order valence-electron chi connectivity index (χ1n) is 9.76. The van der Waals surface area contributed by atoms with Crippen molar-refractivity contribution in [3.05, 3.63) is 86.1 Å². The van der Waals surface area contributed by atoms with Gasteiger partial charge in [0, 0.05) is 12.6 Å². The van der Waals surface area contributed by atoms with E-state index in [-0.39, 0.29) is 22.5 Å². The van der Waals surface area contributed by atoms with E-state index in [9.17, 15) is 23.2 Å². The number of thioether (sulfide) groups is 1. The predicted molar refractivity (Wildman–Crippen MR) is 124 cm³/mol. The molecule has 0 atom stereocenters. The second kappa shape index (κ2) is 9.28. The highest BCUT2D eigenvalue weighted by molar-refractivity contribution is 8.00. The van der Waals surface area contributed by atoms with E-state index in [2.05, 4.69) is 10.3 Å². The zero-order chi connectivity index (χ0) is 23.7. The fourth-order valence-corrected chi connectivity index (χ4v) is 4.77. The minimum atomic E-state index is -0.755. The van der Waals surface area contributed by atoms with Crippen LogP contribution in [-0.2, 0) is 17.9 Å². The number of amides is 1. The number of benzene rings is 2. The van der Waals surface area contributed by atoms with Gasteiger partial charge in [0.1, 0.15) is 22.9 Å². The van der Waals surface area contributed by atoms with Crippen molar-refractivity contribution < 1.29 is 13.6 Å². The van der Waals surface area contributed by atoms with Crippen LogP contribution < -0.4 is 16.6 Å². The Labute approximate surface area is 194 Å². The summed E-state index contributed by atoms with van der Waals surface area (Å²) >= 11 is 2.47. The standard InChI is InChI=1S/C22H18F2N4O3S2/c1-12-3-5-16(6-4-12)28-20(30)18-19(26-21(32-2)33-18)27(22(28)31)11-17(29)25-10-13-7-14(23)9-15(24)8-13/h3-9H,10-11H2,1-2H3,(H,25,29). The molecule has 0 saturated heterocycles. The molecule has 11 heteroatoms. The van der Waals surface area contributed by atoms with E-state index >= 15 is 0 Å². The van der Waals surface area contributed by atoms with E-state index in [1.165, 1.54) is 11.8 Å². The Kier molecular flexibility index (Phi) is 6.43. The van der Waals surface area contributed by atoms with Crippen molar-refractivity contribution in [1.82, 2.24) is 19.4 Å². The third-order valence-corrected chi connectivity index (χ3v) is 6.86. The van der Waals surface area contributed by atoms with Crippen molar-refractivity contribution in [2.45, 2.75) is 24.4 Å². The van der Waals surface area contributed by atoms with Crippen LogP contribution in [0.3, 0.4) is 0 Å². The molecule has 0 radical (unpaired) electrons.